The Labute approximate surface area is 88.9 Å². The molecule has 1 atom stereocenters. The molecule has 0 bridgehead atoms. The molecule has 1 unspecified atom stereocenters. The lowest BCUT2D eigenvalue weighted by atomic mass is 10.0. The van der Waals surface area contributed by atoms with E-state index in [0.29, 0.717) is 0 Å². The van der Waals surface area contributed by atoms with Gasteiger partial charge in [-0.05, 0) is 19.3 Å². The lowest BCUT2D eigenvalue weighted by Crippen LogP contribution is -2.05. The summed E-state index contributed by atoms with van der Waals surface area (Å²) in [5.74, 6) is 0. The van der Waals surface area contributed by atoms with Crippen molar-refractivity contribution >= 4 is 0 Å². The van der Waals surface area contributed by atoms with Gasteiger partial charge in [0.1, 0.15) is 0 Å². The largest absolute Gasteiger partial charge is 0.393 e. The van der Waals surface area contributed by atoms with Gasteiger partial charge in [0, 0.05) is 0 Å². The Bertz CT molecular complexity index is 108. The van der Waals surface area contributed by atoms with Crippen LogP contribution in [0.15, 0.2) is 0 Å². The van der Waals surface area contributed by atoms with Gasteiger partial charge in [0.2, 0.25) is 0 Å². The average Bonchev–Trinajstić information content (AvgIpc) is 2.20. The molecular weight excluding hydrogens is 172 g/mol. The molecule has 1 nitrogen and oxygen atoms in total. The van der Waals surface area contributed by atoms with Gasteiger partial charge >= 0.3 is 0 Å². The van der Waals surface area contributed by atoms with Crippen molar-refractivity contribution in [3.63, 3.8) is 0 Å². The normalized spacial score (nSPS) is 24.6. The van der Waals surface area contributed by atoms with E-state index in [4.69, 9.17) is 0 Å². The maximum absolute atomic E-state index is 9.65. The second-order valence-electron chi connectivity index (χ2n) is 4.57. The summed E-state index contributed by atoms with van der Waals surface area (Å²) >= 11 is 0. The molecule has 0 saturated heterocycles. The molecule has 1 rings (SSSR count). The first kappa shape index (κ1) is 12.0. The Kier molecular flexibility index (Phi) is 7.12. The number of aliphatic hydroxyl groups is 1. The fourth-order valence-electron chi connectivity index (χ4n) is 2.16. The molecule has 0 aromatic rings. The zero-order valence-electron chi connectivity index (χ0n) is 9.38. The maximum atomic E-state index is 9.65. The van der Waals surface area contributed by atoms with E-state index in [1.54, 1.807) is 0 Å². The van der Waals surface area contributed by atoms with Crippen LogP contribution in [0.4, 0.5) is 0 Å². The summed E-state index contributed by atoms with van der Waals surface area (Å²) in [4.78, 5) is 0. The molecule has 1 heteroatoms. The van der Waals surface area contributed by atoms with Gasteiger partial charge in [0.25, 0.3) is 0 Å². The first-order valence-corrected chi connectivity index (χ1v) is 6.39. The summed E-state index contributed by atoms with van der Waals surface area (Å²) in [6.07, 6.45) is 16.2. The van der Waals surface area contributed by atoms with Crippen LogP contribution in [0.1, 0.15) is 70.6 Å². The smallest absolute Gasteiger partial charge is 0.0540 e. The highest BCUT2D eigenvalue weighted by Crippen LogP contribution is 2.16. The van der Waals surface area contributed by atoms with Crippen molar-refractivity contribution in [1.82, 2.24) is 0 Å². The van der Waals surface area contributed by atoms with Gasteiger partial charge in [-0.1, -0.05) is 57.8 Å². The van der Waals surface area contributed by atoms with Gasteiger partial charge in [0.05, 0.1) is 6.10 Å². The van der Waals surface area contributed by atoms with Gasteiger partial charge in [-0.15, -0.1) is 0 Å². The van der Waals surface area contributed by atoms with Crippen LogP contribution in [0.3, 0.4) is 0 Å². The highest BCUT2D eigenvalue weighted by molar-refractivity contribution is 4.66. The van der Waals surface area contributed by atoms with E-state index in [1.165, 1.54) is 57.8 Å². The zero-order chi connectivity index (χ0) is 10.1. The van der Waals surface area contributed by atoms with Crippen molar-refractivity contribution in [1.29, 1.82) is 0 Å². The van der Waals surface area contributed by atoms with Gasteiger partial charge < -0.3 is 5.11 Å². The number of rotatable bonds is 0. The number of aliphatic hydroxyl groups excluding tert-OH is 1. The lowest BCUT2D eigenvalue weighted by Gasteiger charge is -2.09. The van der Waals surface area contributed by atoms with E-state index in [9.17, 15) is 5.11 Å². The minimum absolute atomic E-state index is 0.0178. The van der Waals surface area contributed by atoms with Crippen molar-refractivity contribution < 1.29 is 5.11 Å². The summed E-state index contributed by atoms with van der Waals surface area (Å²) in [5, 5.41) is 9.65. The fourth-order valence-corrected chi connectivity index (χ4v) is 2.16. The first-order chi connectivity index (χ1) is 6.89. The third kappa shape index (κ3) is 6.42. The number of hydrogen-bond acceptors (Lipinski definition) is 1. The predicted octanol–water partition coefficient (Wildman–Crippen LogP) is 3.86. The molecule has 0 aromatic heterocycles. The van der Waals surface area contributed by atoms with Crippen LogP contribution in [0.5, 0.6) is 0 Å². The van der Waals surface area contributed by atoms with Crippen LogP contribution in [-0.4, -0.2) is 11.2 Å². The van der Waals surface area contributed by atoms with Crippen LogP contribution >= 0.6 is 0 Å². The van der Waals surface area contributed by atoms with Crippen molar-refractivity contribution in [3.05, 3.63) is 6.42 Å². The van der Waals surface area contributed by atoms with Gasteiger partial charge in [-0.2, -0.15) is 0 Å². The fraction of sp³-hybridized carbons (Fsp3) is 0.923. The SMILES string of the molecule is OC1CCCC[CH]CCCCCCC1. The summed E-state index contributed by atoms with van der Waals surface area (Å²) in [5.41, 5.74) is 0. The molecule has 0 heterocycles. The molecule has 1 aliphatic carbocycles. The molecule has 1 saturated carbocycles. The summed E-state index contributed by atoms with van der Waals surface area (Å²) in [7, 11) is 0. The molecule has 1 radical (unpaired) electrons. The van der Waals surface area contributed by atoms with E-state index < -0.39 is 0 Å². The maximum Gasteiger partial charge on any atom is 0.0540 e. The molecule has 14 heavy (non-hydrogen) atoms. The van der Waals surface area contributed by atoms with Crippen LogP contribution in [0.25, 0.3) is 0 Å². The minimum atomic E-state index is -0.0178. The monoisotopic (exact) mass is 197 g/mol. The molecule has 1 N–H and O–H groups in total. The van der Waals surface area contributed by atoms with E-state index in [2.05, 4.69) is 6.42 Å². The van der Waals surface area contributed by atoms with E-state index in [-0.39, 0.29) is 6.10 Å². The third-order valence-electron chi connectivity index (χ3n) is 3.14. The van der Waals surface area contributed by atoms with Gasteiger partial charge in [0.15, 0.2) is 0 Å². The first-order valence-electron chi connectivity index (χ1n) is 6.39. The van der Waals surface area contributed by atoms with Gasteiger partial charge in [-0.25, -0.2) is 0 Å². The summed E-state index contributed by atoms with van der Waals surface area (Å²) in [6.45, 7) is 0. The van der Waals surface area contributed by atoms with Crippen molar-refractivity contribution in [2.75, 3.05) is 0 Å². The van der Waals surface area contributed by atoms with Crippen molar-refractivity contribution in [3.8, 4) is 0 Å². The van der Waals surface area contributed by atoms with Crippen LogP contribution < -0.4 is 0 Å². The summed E-state index contributed by atoms with van der Waals surface area (Å²) < 4.78 is 0. The Hall–Kier alpha value is -0.0400. The molecular formula is C13H25O. The lowest BCUT2D eigenvalue weighted by molar-refractivity contribution is 0.147. The molecule has 1 fully saturated rings. The molecule has 0 aliphatic heterocycles. The van der Waals surface area contributed by atoms with E-state index >= 15 is 0 Å². The minimum Gasteiger partial charge on any atom is -0.393 e. The molecule has 1 aliphatic rings. The van der Waals surface area contributed by atoms with Crippen LogP contribution in [0.2, 0.25) is 0 Å². The Balaban J connectivity index is 2.12. The predicted molar refractivity (Wildman–Crippen MR) is 61.1 cm³/mol. The average molecular weight is 197 g/mol. The van der Waals surface area contributed by atoms with Crippen molar-refractivity contribution in [2.24, 2.45) is 0 Å². The molecule has 0 spiro atoms. The Morgan fingerprint density at radius 1 is 0.714 bits per heavy atom. The molecule has 0 aromatic carbocycles. The second-order valence-corrected chi connectivity index (χ2v) is 4.57. The molecule has 83 valence electrons. The number of hydrogen-bond donors (Lipinski definition) is 1. The Morgan fingerprint density at radius 3 is 2.00 bits per heavy atom. The van der Waals surface area contributed by atoms with E-state index in [1.807, 2.05) is 0 Å². The second kappa shape index (κ2) is 8.28. The highest BCUT2D eigenvalue weighted by atomic mass is 16.3. The summed E-state index contributed by atoms with van der Waals surface area (Å²) in [6, 6.07) is 0. The topological polar surface area (TPSA) is 20.2 Å². The van der Waals surface area contributed by atoms with Gasteiger partial charge in [-0.3, -0.25) is 0 Å². The quantitative estimate of drug-likeness (QED) is 0.625. The van der Waals surface area contributed by atoms with Crippen molar-refractivity contribution in [2.45, 2.75) is 76.7 Å². The Morgan fingerprint density at radius 2 is 1.21 bits per heavy atom. The highest BCUT2D eigenvalue weighted by Gasteiger charge is 2.04. The standard InChI is InChI=1S/C13H25O/c14-13-11-9-7-5-3-1-2-4-6-8-10-12-13/h3,13-14H,1-2,4-12H2. The zero-order valence-corrected chi connectivity index (χ0v) is 9.38. The van der Waals surface area contributed by atoms with E-state index in [0.717, 1.165) is 12.8 Å². The third-order valence-corrected chi connectivity index (χ3v) is 3.14. The molecule has 0 amide bonds. The van der Waals surface area contributed by atoms with Crippen LogP contribution in [-0.2, 0) is 0 Å². The van der Waals surface area contributed by atoms with Crippen LogP contribution in [0, 0.1) is 6.42 Å².